The number of carbonyl (C=O) groups is 1. The summed E-state index contributed by atoms with van der Waals surface area (Å²) in [5.74, 6) is 0.975. The third-order valence-corrected chi connectivity index (χ3v) is 4.60. The van der Waals surface area contributed by atoms with Gasteiger partial charge in [0.05, 0.1) is 0 Å². The SMILES string of the molecule is O=C(CC1CCCCC1)N1CCCCC1CCO. The van der Waals surface area contributed by atoms with E-state index >= 15 is 0 Å². The Hall–Kier alpha value is -0.570. The molecule has 18 heavy (non-hydrogen) atoms. The number of likely N-dealkylation sites (tertiary alicyclic amines) is 1. The first-order valence-corrected chi connectivity index (χ1v) is 7.71. The van der Waals surface area contributed by atoms with Gasteiger partial charge < -0.3 is 10.0 Å². The number of aliphatic hydroxyl groups excluding tert-OH is 1. The van der Waals surface area contributed by atoms with Crippen LogP contribution in [0.2, 0.25) is 0 Å². The number of rotatable bonds is 4. The second kappa shape index (κ2) is 7.13. The van der Waals surface area contributed by atoms with E-state index in [0.717, 1.165) is 32.2 Å². The van der Waals surface area contributed by atoms with E-state index in [1.807, 2.05) is 0 Å². The van der Waals surface area contributed by atoms with E-state index in [4.69, 9.17) is 5.11 Å². The molecule has 2 rings (SSSR count). The molecule has 2 aliphatic rings. The van der Waals surface area contributed by atoms with E-state index < -0.39 is 0 Å². The number of aliphatic hydroxyl groups is 1. The lowest BCUT2D eigenvalue weighted by atomic mass is 9.86. The van der Waals surface area contributed by atoms with Gasteiger partial charge in [-0.15, -0.1) is 0 Å². The van der Waals surface area contributed by atoms with E-state index in [0.29, 0.717) is 17.9 Å². The lowest BCUT2D eigenvalue weighted by molar-refractivity contribution is -0.136. The lowest BCUT2D eigenvalue weighted by Gasteiger charge is -2.36. The zero-order chi connectivity index (χ0) is 12.8. The number of hydrogen-bond donors (Lipinski definition) is 1. The molecule has 104 valence electrons. The zero-order valence-electron chi connectivity index (χ0n) is 11.4. The van der Waals surface area contributed by atoms with Crippen molar-refractivity contribution < 1.29 is 9.90 Å². The van der Waals surface area contributed by atoms with E-state index in [1.165, 1.54) is 38.5 Å². The maximum Gasteiger partial charge on any atom is 0.223 e. The zero-order valence-corrected chi connectivity index (χ0v) is 11.4. The van der Waals surface area contributed by atoms with Crippen LogP contribution in [-0.4, -0.2) is 35.1 Å². The van der Waals surface area contributed by atoms with Crippen LogP contribution in [0, 0.1) is 5.92 Å². The highest BCUT2D eigenvalue weighted by Crippen LogP contribution is 2.28. The summed E-state index contributed by atoms with van der Waals surface area (Å²) in [5, 5.41) is 9.10. The van der Waals surface area contributed by atoms with Crippen molar-refractivity contribution in [3.05, 3.63) is 0 Å². The summed E-state index contributed by atoms with van der Waals surface area (Å²) in [5.41, 5.74) is 0. The maximum atomic E-state index is 12.4. The largest absolute Gasteiger partial charge is 0.396 e. The Morgan fingerprint density at radius 3 is 2.50 bits per heavy atom. The molecule has 1 aliphatic heterocycles. The quantitative estimate of drug-likeness (QED) is 0.837. The molecular formula is C15H27NO2. The number of carbonyl (C=O) groups excluding carboxylic acids is 1. The molecule has 1 atom stereocenters. The van der Waals surface area contributed by atoms with Gasteiger partial charge in [0.25, 0.3) is 0 Å². The van der Waals surface area contributed by atoms with E-state index in [2.05, 4.69) is 4.90 Å². The minimum atomic E-state index is 0.206. The Morgan fingerprint density at radius 1 is 1.06 bits per heavy atom. The molecule has 2 fully saturated rings. The van der Waals surface area contributed by atoms with Crippen molar-refractivity contribution in [3.8, 4) is 0 Å². The summed E-state index contributed by atoms with van der Waals surface area (Å²) in [6, 6.07) is 0.305. The summed E-state index contributed by atoms with van der Waals surface area (Å²) in [6.07, 6.45) is 11.4. The Bertz CT molecular complexity index is 259. The third kappa shape index (κ3) is 3.71. The molecule has 0 bridgehead atoms. The molecule has 1 saturated heterocycles. The molecular weight excluding hydrogens is 226 g/mol. The first kappa shape index (κ1) is 13.9. The predicted octanol–water partition coefficient (Wildman–Crippen LogP) is 2.72. The average Bonchev–Trinajstić information content (AvgIpc) is 2.41. The smallest absolute Gasteiger partial charge is 0.223 e. The van der Waals surface area contributed by atoms with Gasteiger partial charge in [-0.2, -0.15) is 0 Å². The summed E-state index contributed by atoms with van der Waals surface area (Å²) < 4.78 is 0. The standard InChI is InChI=1S/C15H27NO2/c17-11-9-14-8-4-5-10-16(14)15(18)12-13-6-2-1-3-7-13/h13-14,17H,1-12H2. The van der Waals surface area contributed by atoms with Crippen molar-refractivity contribution in [2.24, 2.45) is 5.92 Å². The fourth-order valence-electron chi connectivity index (χ4n) is 3.53. The Morgan fingerprint density at radius 2 is 1.78 bits per heavy atom. The van der Waals surface area contributed by atoms with Crippen LogP contribution in [0.3, 0.4) is 0 Å². The summed E-state index contributed by atoms with van der Waals surface area (Å²) in [6.45, 7) is 1.12. The molecule has 3 nitrogen and oxygen atoms in total. The monoisotopic (exact) mass is 253 g/mol. The molecule has 1 saturated carbocycles. The van der Waals surface area contributed by atoms with E-state index in [9.17, 15) is 4.79 Å². The number of nitrogens with zero attached hydrogens (tertiary/aromatic N) is 1. The highest BCUT2D eigenvalue weighted by atomic mass is 16.3. The molecule has 0 radical (unpaired) electrons. The molecule has 0 spiro atoms. The summed E-state index contributed by atoms with van der Waals surface area (Å²) >= 11 is 0. The molecule has 1 unspecified atom stereocenters. The molecule has 1 amide bonds. The lowest BCUT2D eigenvalue weighted by Crippen LogP contribution is -2.44. The van der Waals surface area contributed by atoms with Gasteiger partial charge in [0, 0.05) is 25.6 Å². The Balaban J connectivity index is 1.84. The van der Waals surface area contributed by atoms with Crippen LogP contribution in [0.1, 0.15) is 64.2 Å². The fourth-order valence-corrected chi connectivity index (χ4v) is 3.53. The summed E-state index contributed by atoms with van der Waals surface area (Å²) in [7, 11) is 0. The molecule has 1 heterocycles. The van der Waals surface area contributed by atoms with Gasteiger partial charge in [0.1, 0.15) is 0 Å². The molecule has 0 aromatic carbocycles. The van der Waals surface area contributed by atoms with Crippen LogP contribution >= 0.6 is 0 Å². The maximum absolute atomic E-state index is 12.4. The fraction of sp³-hybridized carbons (Fsp3) is 0.933. The van der Waals surface area contributed by atoms with Crippen molar-refractivity contribution in [1.29, 1.82) is 0 Å². The van der Waals surface area contributed by atoms with Gasteiger partial charge in [0.15, 0.2) is 0 Å². The van der Waals surface area contributed by atoms with Gasteiger partial charge in [-0.05, 0) is 44.4 Å². The van der Waals surface area contributed by atoms with Crippen LogP contribution in [0.15, 0.2) is 0 Å². The van der Waals surface area contributed by atoms with Crippen LogP contribution in [-0.2, 0) is 4.79 Å². The van der Waals surface area contributed by atoms with E-state index in [-0.39, 0.29) is 6.61 Å². The Kier molecular flexibility index (Phi) is 5.48. The number of amides is 1. The van der Waals surface area contributed by atoms with Crippen molar-refractivity contribution in [2.45, 2.75) is 70.3 Å². The van der Waals surface area contributed by atoms with Gasteiger partial charge in [-0.3, -0.25) is 4.79 Å². The molecule has 3 heteroatoms. The van der Waals surface area contributed by atoms with Crippen molar-refractivity contribution in [1.82, 2.24) is 4.90 Å². The molecule has 0 aromatic heterocycles. The van der Waals surface area contributed by atoms with Crippen molar-refractivity contribution in [2.75, 3.05) is 13.2 Å². The van der Waals surface area contributed by atoms with Crippen LogP contribution < -0.4 is 0 Å². The van der Waals surface area contributed by atoms with Crippen LogP contribution in [0.4, 0.5) is 0 Å². The second-order valence-corrected chi connectivity index (χ2v) is 5.96. The number of hydrogen-bond acceptors (Lipinski definition) is 2. The van der Waals surface area contributed by atoms with Gasteiger partial charge in [-0.1, -0.05) is 19.3 Å². The van der Waals surface area contributed by atoms with Crippen LogP contribution in [0.5, 0.6) is 0 Å². The normalized spacial score (nSPS) is 26.3. The van der Waals surface area contributed by atoms with Gasteiger partial charge in [-0.25, -0.2) is 0 Å². The first-order chi connectivity index (χ1) is 8.81. The van der Waals surface area contributed by atoms with Crippen molar-refractivity contribution in [3.63, 3.8) is 0 Å². The van der Waals surface area contributed by atoms with E-state index in [1.54, 1.807) is 0 Å². The van der Waals surface area contributed by atoms with Crippen LogP contribution in [0.25, 0.3) is 0 Å². The van der Waals surface area contributed by atoms with Gasteiger partial charge in [0.2, 0.25) is 5.91 Å². The minimum Gasteiger partial charge on any atom is -0.396 e. The average molecular weight is 253 g/mol. The third-order valence-electron chi connectivity index (χ3n) is 4.60. The van der Waals surface area contributed by atoms with Gasteiger partial charge >= 0.3 is 0 Å². The molecule has 0 aromatic rings. The molecule has 1 aliphatic carbocycles. The van der Waals surface area contributed by atoms with Crippen molar-refractivity contribution >= 4 is 5.91 Å². The highest BCUT2D eigenvalue weighted by Gasteiger charge is 2.28. The topological polar surface area (TPSA) is 40.5 Å². The second-order valence-electron chi connectivity index (χ2n) is 5.96. The summed E-state index contributed by atoms with van der Waals surface area (Å²) in [4.78, 5) is 14.5. The Labute approximate surface area is 111 Å². The highest BCUT2D eigenvalue weighted by molar-refractivity contribution is 5.76. The number of piperidine rings is 1. The predicted molar refractivity (Wildman–Crippen MR) is 72.2 cm³/mol. The molecule has 1 N–H and O–H groups in total. The first-order valence-electron chi connectivity index (χ1n) is 7.71. The minimum absolute atomic E-state index is 0.206.